The summed E-state index contributed by atoms with van der Waals surface area (Å²) in [5.74, 6) is 0.988. The van der Waals surface area contributed by atoms with Crippen LogP contribution in [-0.4, -0.2) is 11.2 Å². The molecule has 2 aromatic rings. The molecule has 0 amide bonds. The number of anilines is 1. The average molecular weight is 214 g/mol. The fraction of sp³-hybridized carbons (Fsp3) is 0.308. The lowest BCUT2D eigenvalue weighted by molar-refractivity contribution is 0.376. The van der Waals surface area contributed by atoms with E-state index in [2.05, 4.69) is 29.5 Å². The molecule has 1 aliphatic rings. The number of hydrogen-bond acceptors (Lipinski definition) is 3. The summed E-state index contributed by atoms with van der Waals surface area (Å²) in [6.45, 7) is 4.15. The first-order valence-electron chi connectivity index (χ1n) is 5.57. The first-order chi connectivity index (χ1) is 7.75. The molecule has 0 spiro atoms. The van der Waals surface area contributed by atoms with Gasteiger partial charge < -0.3 is 9.84 Å². The summed E-state index contributed by atoms with van der Waals surface area (Å²) >= 11 is 0. The van der Waals surface area contributed by atoms with Crippen molar-refractivity contribution in [2.45, 2.75) is 26.3 Å². The molecule has 0 aliphatic carbocycles. The van der Waals surface area contributed by atoms with Crippen LogP contribution in [0.4, 0.5) is 5.69 Å². The van der Waals surface area contributed by atoms with Crippen molar-refractivity contribution in [3.05, 3.63) is 35.7 Å². The molecule has 2 heterocycles. The van der Waals surface area contributed by atoms with Crippen LogP contribution in [0.25, 0.3) is 11.1 Å². The van der Waals surface area contributed by atoms with Crippen molar-refractivity contribution < 1.29 is 4.52 Å². The van der Waals surface area contributed by atoms with E-state index in [9.17, 15) is 0 Å². The van der Waals surface area contributed by atoms with Crippen molar-refractivity contribution in [3.63, 3.8) is 0 Å². The Bertz CT molecular complexity index is 530. The highest BCUT2D eigenvalue weighted by molar-refractivity contribution is 5.81. The van der Waals surface area contributed by atoms with Gasteiger partial charge in [0.15, 0.2) is 0 Å². The highest BCUT2D eigenvalue weighted by atomic mass is 16.5. The molecule has 1 aliphatic heterocycles. The maximum atomic E-state index is 5.40. The molecule has 0 saturated carbocycles. The molecule has 1 aromatic carbocycles. The van der Waals surface area contributed by atoms with Gasteiger partial charge in [-0.05, 0) is 19.9 Å². The van der Waals surface area contributed by atoms with Crippen molar-refractivity contribution in [1.29, 1.82) is 0 Å². The van der Waals surface area contributed by atoms with Gasteiger partial charge in [-0.3, -0.25) is 0 Å². The van der Waals surface area contributed by atoms with Crippen molar-refractivity contribution in [2.75, 3.05) is 5.32 Å². The monoisotopic (exact) mass is 214 g/mol. The van der Waals surface area contributed by atoms with Gasteiger partial charge in [0.05, 0.1) is 5.69 Å². The zero-order valence-electron chi connectivity index (χ0n) is 9.45. The standard InChI is InChI=1S/C13H14N2O/c1-8-7-12-13(9(2)15-16-12)10-5-3-4-6-11(10)14-8/h3-6,8,14H,7H2,1-2H3. The lowest BCUT2D eigenvalue weighted by Gasteiger charge is -2.12. The Kier molecular flexibility index (Phi) is 1.99. The van der Waals surface area contributed by atoms with Gasteiger partial charge in [0.1, 0.15) is 5.76 Å². The Morgan fingerprint density at radius 2 is 2.19 bits per heavy atom. The van der Waals surface area contributed by atoms with Crippen molar-refractivity contribution in [3.8, 4) is 11.1 Å². The predicted molar refractivity (Wildman–Crippen MR) is 63.5 cm³/mol. The molecule has 1 atom stereocenters. The van der Waals surface area contributed by atoms with E-state index in [0.717, 1.165) is 23.4 Å². The van der Waals surface area contributed by atoms with E-state index in [4.69, 9.17) is 4.52 Å². The van der Waals surface area contributed by atoms with Gasteiger partial charge in [-0.15, -0.1) is 0 Å². The van der Waals surface area contributed by atoms with Gasteiger partial charge in [0, 0.05) is 29.3 Å². The van der Waals surface area contributed by atoms with Crippen LogP contribution in [0.15, 0.2) is 28.8 Å². The SMILES string of the molecule is Cc1noc2c1-c1ccccc1NC(C)C2. The Balaban J connectivity index is 2.29. The number of rotatable bonds is 0. The van der Waals surface area contributed by atoms with E-state index in [1.165, 1.54) is 11.3 Å². The van der Waals surface area contributed by atoms with Crippen LogP contribution in [0.2, 0.25) is 0 Å². The Morgan fingerprint density at radius 3 is 3.06 bits per heavy atom. The van der Waals surface area contributed by atoms with Gasteiger partial charge in [-0.25, -0.2) is 0 Å². The molecule has 1 N–H and O–H groups in total. The number of nitrogens with one attached hydrogen (secondary N) is 1. The third-order valence-electron chi connectivity index (χ3n) is 3.02. The van der Waals surface area contributed by atoms with E-state index >= 15 is 0 Å². The van der Waals surface area contributed by atoms with Crippen molar-refractivity contribution in [2.24, 2.45) is 0 Å². The number of para-hydroxylation sites is 1. The maximum absolute atomic E-state index is 5.40. The molecular weight excluding hydrogens is 200 g/mol. The third-order valence-corrected chi connectivity index (χ3v) is 3.02. The number of hydrogen-bond donors (Lipinski definition) is 1. The fourth-order valence-corrected chi connectivity index (χ4v) is 2.32. The van der Waals surface area contributed by atoms with Crippen LogP contribution in [0.1, 0.15) is 18.4 Å². The molecular formula is C13H14N2O. The van der Waals surface area contributed by atoms with E-state index in [1.54, 1.807) is 0 Å². The van der Waals surface area contributed by atoms with Crippen LogP contribution in [0.5, 0.6) is 0 Å². The lowest BCUT2D eigenvalue weighted by Crippen LogP contribution is -2.16. The largest absolute Gasteiger partial charge is 0.382 e. The van der Waals surface area contributed by atoms with Crippen molar-refractivity contribution >= 4 is 5.69 Å². The second-order valence-electron chi connectivity index (χ2n) is 4.36. The summed E-state index contributed by atoms with van der Waals surface area (Å²) in [5, 5.41) is 7.57. The minimum atomic E-state index is 0.370. The second kappa shape index (κ2) is 3.37. The molecule has 16 heavy (non-hydrogen) atoms. The summed E-state index contributed by atoms with van der Waals surface area (Å²) in [5.41, 5.74) is 4.49. The zero-order chi connectivity index (χ0) is 11.1. The molecule has 3 nitrogen and oxygen atoms in total. The van der Waals surface area contributed by atoms with Gasteiger partial charge in [-0.1, -0.05) is 23.4 Å². The highest BCUT2D eigenvalue weighted by Crippen LogP contribution is 2.36. The fourth-order valence-electron chi connectivity index (χ4n) is 2.32. The first-order valence-corrected chi connectivity index (χ1v) is 5.57. The summed E-state index contributed by atoms with van der Waals surface area (Å²) in [6.07, 6.45) is 0.880. The molecule has 1 unspecified atom stereocenters. The molecule has 0 saturated heterocycles. The quantitative estimate of drug-likeness (QED) is 0.732. The van der Waals surface area contributed by atoms with Crippen LogP contribution in [-0.2, 0) is 6.42 Å². The molecule has 1 aromatic heterocycles. The molecule has 0 fully saturated rings. The van der Waals surface area contributed by atoms with Gasteiger partial charge in [0.25, 0.3) is 0 Å². The Labute approximate surface area is 94.5 Å². The first kappa shape index (κ1) is 9.46. The lowest BCUT2D eigenvalue weighted by atomic mass is 10.0. The number of fused-ring (bicyclic) bond motifs is 3. The Hall–Kier alpha value is -1.77. The van der Waals surface area contributed by atoms with Crippen molar-refractivity contribution in [1.82, 2.24) is 5.16 Å². The summed E-state index contributed by atoms with van der Waals surface area (Å²) in [6, 6.07) is 8.69. The smallest absolute Gasteiger partial charge is 0.146 e. The molecule has 82 valence electrons. The number of aryl methyl sites for hydroxylation is 1. The van der Waals surface area contributed by atoms with Gasteiger partial charge in [0.2, 0.25) is 0 Å². The number of nitrogens with zero attached hydrogens (tertiary/aromatic N) is 1. The summed E-state index contributed by atoms with van der Waals surface area (Å²) in [4.78, 5) is 0. The molecule has 0 radical (unpaired) electrons. The van der Waals surface area contributed by atoms with E-state index in [1.807, 2.05) is 19.1 Å². The summed E-state index contributed by atoms with van der Waals surface area (Å²) in [7, 11) is 0. The van der Waals surface area contributed by atoms with Gasteiger partial charge >= 0.3 is 0 Å². The minimum absolute atomic E-state index is 0.370. The van der Waals surface area contributed by atoms with E-state index in [-0.39, 0.29) is 0 Å². The predicted octanol–water partition coefficient (Wildman–Crippen LogP) is 3.01. The third kappa shape index (κ3) is 1.32. The van der Waals surface area contributed by atoms with Crippen LogP contribution >= 0.6 is 0 Å². The van der Waals surface area contributed by atoms with Crippen LogP contribution in [0.3, 0.4) is 0 Å². The zero-order valence-corrected chi connectivity index (χ0v) is 9.45. The van der Waals surface area contributed by atoms with Gasteiger partial charge in [-0.2, -0.15) is 0 Å². The number of aromatic nitrogens is 1. The van der Waals surface area contributed by atoms with Crippen LogP contribution in [0, 0.1) is 6.92 Å². The topological polar surface area (TPSA) is 38.1 Å². The van der Waals surface area contributed by atoms with E-state index < -0.39 is 0 Å². The number of benzene rings is 1. The van der Waals surface area contributed by atoms with Crippen LogP contribution < -0.4 is 5.32 Å². The van der Waals surface area contributed by atoms with E-state index in [0.29, 0.717) is 6.04 Å². The minimum Gasteiger partial charge on any atom is -0.382 e. The second-order valence-corrected chi connectivity index (χ2v) is 4.36. The molecule has 3 heteroatoms. The molecule has 3 rings (SSSR count). The Morgan fingerprint density at radius 1 is 1.38 bits per heavy atom. The molecule has 0 bridgehead atoms. The normalized spacial score (nSPS) is 18.2. The average Bonchev–Trinajstić information content (AvgIpc) is 2.55. The summed E-state index contributed by atoms with van der Waals surface area (Å²) < 4.78 is 5.40. The maximum Gasteiger partial charge on any atom is 0.146 e. The highest BCUT2D eigenvalue weighted by Gasteiger charge is 2.23.